The quantitative estimate of drug-likeness (QED) is 0.570. The van der Waals surface area contributed by atoms with E-state index in [0.717, 1.165) is 11.3 Å². The van der Waals surface area contributed by atoms with Crippen LogP contribution in [0.4, 0.5) is 11.4 Å². The van der Waals surface area contributed by atoms with Gasteiger partial charge in [0.2, 0.25) is 11.8 Å². The minimum atomic E-state index is -1.24. The standard InChI is InChI=1S/C21H13ClN2O4S/c22-11-7-5-10(6-8-11)15-16-18(29-17(15)19(26)27)21(9-14(25)24-16)12-3-1-2-4-13(12)23-20(21)28/h1-8H,9H2,(H,23,28)(H,24,25)(H,26,27). The number of carbonyl (C=O) groups excluding carboxylic acids is 2. The van der Waals surface area contributed by atoms with Crippen LogP contribution in [0.3, 0.4) is 0 Å². The highest BCUT2D eigenvalue weighted by Gasteiger charge is 2.55. The molecule has 3 heterocycles. The second-order valence-electron chi connectivity index (χ2n) is 6.95. The van der Waals surface area contributed by atoms with Crippen LogP contribution < -0.4 is 10.6 Å². The molecule has 1 spiro atoms. The van der Waals surface area contributed by atoms with Crippen LogP contribution in [0.2, 0.25) is 5.02 Å². The summed E-state index contributed by atoms with van der Waals surface area (Å²) in [4.78, 5) is 38.5. The van der Waals surface area contributed by atoms with E-state index in [1.807, 2.05) is 0 Å². The molecule has 5 rings (SSSR count). The highest BCUT2D eigenvalue weighted by molar-refractivity contribution is 7.15. The fourth-order valence-electron chi connectivity index (χ4n) is 4.11. The van der Waals surface area contributed by atoms with Gasteiger partial charge in [-0.15, -0.1) is 11.3 Å². The van der Waals surface area contributed by atoms with Gasteiger partial charge in [-0.2, -0.15) is 0 Å². The van der Waals surface area contributed by atoms with Gasteiger partial charge < -0.3 is 15.7 Å². The summed E-state index contributed by atoms with van der Waals surface area (Å²) in [5, 5.41) is 16.0. The van der Waals surface area contributed by atoms with Crippen LogP contribution in [0.25, 0.3) is 11.1 Å². The van der Waals surface area contributed by atoms with Gasteiger partial charge >= 0.3 is 5.97 Å². The Bertz CT molecular complexity index is 1220. The number of carboxylic acids is 1. The van der Waals surface area contributed by atoms with Crippen molar-refractivity contribution in [3.8, 4) is 11.1 Å². The summed E-state index contributed by atoms with van der Waals surface area (Å²) in [7, 11) is 0. The Morgan fingerprint density at radius 2 is 1.79 bits per heavy atom. The third kappa shape index (κ3) is 2.44. The first kappa shape index (κ1) is 17.9. The first-order chi connectivity index (χ1) is 13.9. The molecule has 0 saturated carbocycles. The number of anilines is 2. The molecule has 1 atom stereocenters. The molecule has 1 unspecified atom stereocenters. The first-order valence-corrected chi connectivity index (χ1v) is 9.98. The number of rotatable bonds is 2. The molecule has 2 aliphatic rings. The Balaban J connectivity index is 1.84. The molecular formula is C21H13ClN2O4S. The lowest BCUT2D eigenvalue weighted by molar-refractivity contribution is -0.125. The third-order valence-corrected chi connectivity index (χ3v) is 6.93. The van der Waals surface area contributed by atoms with E-state index in [-0.39, 0.29) is 23.1 Å². The van der Waals surface area contributed by atoms with E-state index < -0.39 is 11.4 Å². The average Bonchev–Trinajstić information content (AvgIpc) is 3.20. The van der Waals surface area contributed by atoms with Gasteiger partial charge in [0.05, 0.1) is 17.0 Å². The lowest BCUT2D eigenvalue weighted by atomic mass is 9.74. The predicted molar refractivity (Wildman–Crippen MR) is 111 cm³/mol. The van der Waals surface area contributed by atoms with Crippen molar-refractivity contribution in [1.29, 1.82) is 0 Å². The van der Waals surface area contributed by atoms with Crippen LogP contribution in [0.1, 0.15) is 26.5 Å². The summed E-state index contributed by atoms with van der Waals surface area (Å²) in [5.41, 5.74) is 1.44. The Hall–Kier alpha value is -3.16. The van der Waals surface area contributed by atoms with Crippen LogP contribution in [0.5, 0.6) is 0 Å². The maximum atomic E-state index is 13.1. The van der Waals surface area contributed by atoms with Crippen molar-refractivity contribution in [2.45, 2.75) is 11.8 Å². The van der Waals surface area contributed by atoms with E-state index in [1.54, 1.807) is 48.5 Å². The SMILES string of the molecule is O=C1CC2(C(=O)Nc3ccccc32)c2sc(C(=O)O)c(-c3ccc(Cl)cc3)c2N1. The fourth-order valence-corrected chi connectivity index (χ4v) is 5.56. The molecule has 0 saturated heterocycles. The zero-order chi connectivity index (χ0) is 20.3. The predicted octanol–water partition coefficient (Wildman–Crippen LogP) is 4.35. The van der Waals surface area contributed by atoms with Crippen molar-refractivity contribution in [3.05, 3.63) is 68.9 Å². The van der Waals surface area contributed by atoms with Crippen molar-refractivity contribution in [3.63, 3.8) is 0 Å². The van der Waals surface area contributed by atoms with E-state index in [4.69, 9.17) is 11.6 Å². The smallest absolute Gasteiger partial charge is 0.346 e. The zero-order valence-electron chi connectivity index (χ0n) is 14.8. The molecule has 29 heavy (non-hydrogen) atoms. The molecule has 0 bridgehead atoms. The Morgan fingerprint density at radius 1 is 1.07 bits per heavy atom. The van der Waals surface area contributed by atoms with Crippen molar-refractivity contribution < 1.29 is 19.5 Å². The maximum absolute atomic E-state index is 13.1. The maximum Gasteiger partial charge on any atom is 0.346 e. The van der Waals surface area contributed by atoms with E-state index >= 15 is 0 Å². The van der Waals surface area contributed by atoms with E-state index in [2.05, 4.69) is 10.6 Å². The minimum Gasteiger partial charge on any atom is -0.477 e. The topological polar surface area (TPSA) is 95.5 Å². The van der Waals surface area contributed by atoms with Crippen molar-refractivity contribution >= 4 is 52.1 Å². The lowest BCUT2D eigenvalue weighted by Gasteiger charge is -2.31. The van der Waals surface area contributed by atoms with E-state index in [0.29, 0.717) is 38.0 Å². The van der Waals surface area contributed by atoms with Crippen LogP contribution in [-0.2, 0) is 15.0 Å². The molecule has 1 aromatic heterocycles. The lowest BCUT2D eigenvalue weighted by Crippen LogP contribution is -2.42. The zero-order valence-corrected chi connectivity index (χ0v) is 16.4. The van der Waals surface area contributed by atoms with Gasteiger partial charge in [0.15, 0.2) is 0 Å². The summed E-state index contributed by atoms with van der Waals surface area (Å²) in [6, 6.07) is 13.9. The number of nitrogens with one attached hydrogen (secondary N) is 2. The number of aromatic carboxylic acids is 1. The Morgan fingerprint density at radius 3 is 2.52 bits per heavy atom. The van der Waals surface area contributed by atoms with Crippen LogP contribution in [0, 0.1) is 0 Å². The Kier molecular flexibility index (Phi) is 3.81. The fraction of sp³-hybridized carbons (Fsp3) is 0.0952. The molecule has 3 N–H and O–H groups in total. The largest absolute Gasteiger partial charge is 0.477 e. The number of para-hydroxylation sites is 1. The number of benzene rings is 2. The van der Waals surface area contributed by atoms with Gasteiger partial charge in [-0.1, -0.05) is 41.9 Å². The highest BCUT2D eigenvalue weighted by Crippen LogP contribution is 2.56. The molecule has 3 aromatic rings. The third-order valence-electron chi connectivity index (χ3n) is 5.34. The Labute approximate surface area is 174 Å². The van der Waals surface area contributed by atoms with Gasteiger partial charge in [-0.3, -0.25) is 9.59 Å². The number of fused-ring (bicyclic) bond motifs is 4. The summed E-state index contributed by atoms with van der Waals surface area (Å²) < 4.78 is 0. The summed E-state index contributed by atoms with van der Waals surface area (Å²) in [5.74, 6) is -1.78. The van der Waals surface area contributed by atoms with E-state index in [1.165, 1.54) is 0 Å². The molecule has 2 aliphatic heterocycles. The molecule has 0 radical (unpaired) electrons. The number of hydrogen-bond donors (Lipinski definition) is 3. The number of amides is 2. The van der Waals surface area contributed by atoms with Gasteiger partial charge in [0.1, 0.15) is 10.3 Å². The number of hydrogen-bond acceptors (Lipinski definition) is 4. The van der Waals surface area contributed by atoms with Gasteiger partial charge in [-0.25, -0.2) is 4.79 Å². The average molecular weight is 425 g/mol. The molecular weight excluding hydrogens is 412 g/mol. The molecule has 2 amide bonds. The van der Waals surface area contributed by atoms with E-state index in [9.17, 15) is 19.5 Å². The highest BCUT2D eigenvalue weighted by atomic mass is 35.5. The van der Waals surface area contributed by atoms with Crippen molar-refractivity contribution in [1.82, 2.24) is 0 Å². The summed E-state index contributed by atoms with van der Waals surface area (Å²) in [6.07, 6.45) is -0.0809. The van der Waals surface area contributed by atoms with Crippen LogP contribution in [-0.4, -0.2) is 22.9 Å². The number of halogens is 1. The number of carbonyl (C=O) groups is 3. The van der Waals surface area contributed by atoms with Crippen molar-refractivity contribution in [2.75, 3.05) is 10.6 Å². The normalized spacial score (nSPS) is 19.5. The number of carboxylic acid groups (broad SMARTS) is 1. The molecule has 144 valence electrons. The second kappa shape index (κ2) is 6.17. The van der Waals surface area contributed by atoms with Crippen LogP contribution >= 0.6 is 22.9 Å². The minimum absolute atomic E-state index is 0.0658. The van der Waals surface area contributed by atoms with Gasteiger partial charge in [-0.05, 0) is 29.3 Å². The van der Waals surface area contributed by atoms with Gasteiger partial charge in [0.25, 0.3) is 0 Å². The summed E-state index contributed by atoms with van der Waals surface area (Å²) >= 11 is 7.01. The molecule has 8 heteroatoms. The van der Waals surface area contributed by atoms with Gasteiger partial charge in [0, 0.05) is 16.3 Å². The summed E-state index contributed by atoms with van der Waals surface area (Å²) in [6.45, 7) is 0. The molecule has 2 aromatic carbocycles. The number of thiophene rings is 1. The first-order valence-electron chi connectivity index (χ1n) is 8.79. The molecule has 0 aliphatic carbocycles. The van der Waals surface area contributed by atoms with Crippen LogP contribution in [0.15, 0.2) is 48.5 Å². The monoisotopic (exact) mass is 424 g/mol. The van der Waals surface area contributed by atoms with Crippen molar-refractivity contribution in [2.24, 2.45) is 0 Å². The molecule has 6 nitrogen and oxygen atoms in total. The second-order valence-corrected chi connectivity index (χ2v) is 8.41. The molecule has 0 fully saturated rings.